The number of thioether (sulfide) groups is 1. The van der Waals surface area contributed by atoms with E-state index in [0.29, 0.717) is 0 Å². The van der Waals surface area contributed by atoms with Crippen LogP contribution in [0.15, 0.2) is 64.8 Å². The van der Waals surface area contributed by atoms with Crippen molar-refractivity contribution in [2.45, 2.75) is 30.1 Å². The molecule has 4 nitrogen and oxygen atoms in total. The molecule has 24 heavy (non-hydrogen) atoms. The van der Waals surface area contributed by atoms with Gasteiger partial charge < -0.3 is 10.0 Å². The minimum absolute atomic E-state index is 0.00484. The van der Waals surface area contributed by atoms with Crippen LogP contribution in [0.3, 0.4) is 0 Å². The van der Waals surface area contributed by atoms with Crippen LogP contribution in [0.4, 0.5) is 0 Å². The number of nitrogens with zero attached hydrogens (tertiary/aromatic N) is 3. The number of aliphatic imine (C=N–C) groups is 1. The molecule has 3 atom stereocenters. The average molecular weight is 337 g/mol. The number of pyridine rings is 1. The molecule has 5 heteroatoms. The van der Waals surface area contributed by atoms with Crippen LogP contribution in [-0.4, -0.2) is 39.2 Å². The van der Waals surface area contributed by atoms with E-state index < -0.39 is 6.10 Å². The maximum Gasteiger partial charge on any atom is 0.151 e. The molecule has 0 spiro atoms. The summed E-state index contributed by atoms with van der Waals surface area (Å²) in [6.07, 6.45) is 6.88. The van der Waals surface area contributed by atoms with Gasteiger partial charge >= 0.3 is 0 Å². The van der Waals surface area contributed by atoms with Crippen molar-refractivity contribution >= 4 is 17.5 Å². The normalized spacial score (nSPS) is 25.0. The number of hydrogen-bond donors (Lipinski definition) is 1. The molecule has 0 fully saturated rings. The lowest BCUT2D eigenvalue weighted by molar-refractivity contribution is 0.139. The van der Waals surface area contributed by atoms with Gasteiger partial charge in [0.25, 0.3) is 0 Å². The summed E-state index contributed by atoms with van der Waals surface area (Å²) in [5, 5.41) is 10.2. The third-order valence-corrected chi connectivity index (χ3v) is 5.26. The van der Waals surface area contributed by atoms with Crippen LogP contribution < -0.4 is 0 Å². The van der Waals surface area contributed by atoms with Crippen molar-refractivity contribution < 1.29 is 5.11 Å². The summed E-state index contributed by atoms with van der Waals surface area (Å²) in [7, 11) is 0. The molecule has 0 saturated heterocycles. The van der Waals surface area contributed by atoms with Crippen molar-refractivity contribution in [3.63, 3.8) is 0 Å². The quantitative estimate of drug-likeness (QED) is 0.874. The molecule has 0 radical (unpaired) electrons. The zero-order valence-electron chi connectivity index (χ0n) is 13.6. The van der Waals surface area contributed by atoms with Gasteiger partial charge in [0.2, 0.25) is 0 Å². The van der Waals surface area contributed by atoms with Crippen LogP contribution in [0.25, 0.3) is 0 Å². The molecule has 1 N–H and O–H groups in total. The number of hydrogen-bond acceptors (Lipinski definition) is 5. The van der Waals surface area contributed by atoms with Crippen molar-refractivity contribution in [2.24, 2.45) is 4.99 Å². The monoisotopic (exact) mass is 337 g/mol. The van der Waals surface area contributed by atoms with E-state index in [4.69, 9.17) is 4.99 Å². The number of aryl methyl sites for hydroxylation is 1. The number of aromatic nitrogens is 1. The van der Waals surface area contributed by atoms with Gasteiger partial charge in [-0.2, -0.15) is 0 Å². The molecule has 4 rings (SSSR count). The lowest BCUT2D eigenvalue weighted by atomic mass is 9.96. The molecule has 0 saturated carbocycles. The second kappa shape index (κ2) is 6.07. The van der Waals surface area contributed by atoms with Gasteiger partial charge in [0, 0.05) is 23.0 Å². The number of aliphatic hydroxyl groups excluding tert-OH is 1. The van der Waals surface area contributed by atoms with Gasteiger partial charge in [0.1, 0.15) is 6.10 Å². The Morgan fingerprint density at radius 2 is 1.96 bits per heavy atom. The second-order valence-electron chi connectivity index (χ2n) is 6.07. The number of aliphatic hydroxyl groups is 1. The minimum atomic E-state index is -0.557. The molecule has 2 aliphatic rings. The van der Waals surface area contributed by atoms with E-state index in [2.05, 4.69) is 46.5 Å². The van der Waals surface area contributed by atoms with Crippen LogP contribution >= 0.6 is 11.8 Å². The molecule has 3 heterocycles. The summed E-state index contributed by atoms with van der Waals surface area (Å²) in [5.41, 5.74) is 4.23. The molecule has 0 aliphatic carbocycles. The van der Waals surface area contributed by atoms with Gasteiger partial charge in [-0.3, -0.25) is 9.98 Å². The molecule has 1 aromatic carbocycles. The lowest BCUT2D eigenvalue weighted by Gasteiger charge is -2.26. The highest BCUT2D eigenvalue weighted by molar-refractivity contribution is 7.98. The first-order chi connectivity index (χ1) is 11.7. The molecule has 122 valence electrons. The highest BCUT2D eigenvalue weighted by Gasteiger charge is 2.41. The zero-order valence-corrected chi connectivity index (χ0v) is 14.4. The largest absolute Gasteiger partial charge is 0.385 e. The van der Waals surface area contributed by atoms with Gasteiger partial charge in [-0.25, -0.2) is 0 Å². The highest BCUT2D eigenvalue weighted by atomic mass is 32.2. The Morgan fingerprint density at radius 3 is 2.67 bits per heavy atom. The molecular formula is C19H19N3OS. The van der Waals surface area contributed by atoms with Crippen molar-refractivity contribution in [2.75, 3.05) is 6.26 Å². The van der Waals surface area contributed by atoms with Crippen LogP contribution in [0, 0.1) is 6.92 Å². The molecular weight excluding hydrogens is 318 g/mol. The van der Waals surface area contributed by atoms with Crippen LogP contribution in [0.5, 0.6) is 0 Å². The highest BCUT2D eigenvalue weighted by Crippen LogP contribution is 2.38. The lowest BCUT2D eigenvalue weighted by Crippen LogP contribution is -2.31. The van der Waals surface area contributed by atoms with Crippen LogP contribution in [-0.2, 0) is 0 Å². The molecule has 0 bridgehead atoms. The van der Waals surface area contributed by atoms with E-state index >= 15 is 0 Å². The molecule has 0 amide bonds. The molecule has 1 aromatic heterocycles. The Bertz CT molecular complexity index is 816. The van der Waals surface area contributed by atoms with Gasteiger partial charge in [-0.15, -0.1) is 11.8 Å². The van der Waals surface area contributed by atoms with Gasteiger partial charge in [0.05, 0.1) is 11.8 Å². The van der Waals surface area contributed by atoms with E-state index in [-0.39, 0.29) is 12.2 Å². The van der Waals surface area contributed by atoms with E-state index in [1.807, 2.05) is 31.5 Å². The third-order valence-electron chi connectivity index (χ3n) is 4.52. The SMILES string of the molecule is CSc1ccc(C2=NC3C(O)C=CN3C2c2ccnc(C)c2)cc1. The van der Waals surface area contributed by atoms with Crippen molar-refractivity contribution in [3.8, 4) is 0 Å². The summed E-state index contributed by atoms with van der Waals surface area (Å²) < 4.78 is 0. The van der Waals surface area contributed by atoms with Crippen molar-refractivity contribution in [1.82, 2.24) is 9.88 Å². The van der Waals surface area contributed by atoms with Gasteiger partial charge in [0.15, 0.2) is 6.17 Å². The standard InChI is InChI=1S/C19H19N3OS/c1-12-11-14(7-9-20-12)18-17(13-3-5-15(24-2)6-4-13)21-19-16(23)8-10-22(18)19/h3-11,16,18-19,23H,1-2H3. The van der Waals surface area contributed by atoms with Gasteiger partial charge in [-0.1, -0.05) is 12.1 Å². The average Bonchev–Trinajstić information content (AvgIpc) is 3.15. The number of benzene rings is 1. The smallest absolute Gasteiger partial charge is 0.151 e. The Labute approximate surface area is 145 Å². The summed E-state index contributed by atoms with van der Waals surface area (Å²) >= 11 is 1.73. The second-order valence-corrected chi connectivity index (χ2v) is 6.95. The summed E-state index contributed by atoms with van der Waals surface area (Å²) in [6.45, 7) is 1.99. The third kappa shape index (κ3) is 2.54. The predicted octanol–water partition coefficient (Wildman–Crippen LogP) is 3.17. The summed E-state index contributed by atoms with van der Waals surface area (Å²) in [6, 6.07) is 12.6. The fourth-order valence-electron chi connectivity index (χ4n) is 3.35. The maximum atomic E-state index is 10.2. The first-order valence-electron chi connectivity index (χ1n) is 7.96. The predicted molar refractivity (Wildman–Crippen MR) is 97.2 cm³/mol. The molecule has 2 aromatic rings. The zero-order chi connectivity index (χ0) is 16.7. The Kier molecular flexibility index (Phi) is 3.90. The van der Waals surface area contributed by atoms with Crippen LogP contribution in [0.1, 0.15) is 22.9 Å². The van der Waals surface area contributed by atoms with Crippen LogP contribution in [0.2, 0.25) is 0 Å². The first kappa shape index (κ1) is 15.4. The summed E-state index contributed by atoms with van der Waals surface area (Å²) in [5.74, 6) is 0. The van der Waals surface area contributed by atoms with E-state index in [9.17, 15) is 5.11 Å². The fraction of sp³-hybridized carbons (Fsp3) is 0.263. The van der Waals surface area contributed by atoms with E-state index in [1.165, 1.54) is 4.90 Å². The van der Waals surface area contributed by atoms with Crippen molar-refractivity contribution in [1.29, 1.82) is 0 Å². The molecule has 3 unspecified atom stereocenters. The maximum absolute atomic E-state index is 10.2. The summed E-state index contributed by atoms with van der Waals surface area (Å²) in [4.78, 5) is 12.5. The van der Waals surface area contributed by atoms with E-state index in [1.54, 1.807) is 11.8 Å². The first-order valence-corrected chi connectivity index (χ1v) is 9.18. The Hall–Kier alpha value is -2.11. The number of rotatable bonds is 3. The van der Waals surface area contributed by atoms with Crippen molar-refractivity contribution in [3.05, 3.63) is 71.7 Å². The topological polar surface area (TPSA) is 48.7 Å². The van der Waals surface area contributed by atoms with Gasteiger partial charge in [-0.05, 0) is 54.6 Å². The van der Waals surface area contributed by atoms with E-state index in [0.717, 1.165) is 22.5 Å². The minimum Gasteiger partial charge on any atom is -0.385 e. The number of fused-ring (bicyclic) bond motifs is 1. The fourth-order valence-corrected chi connectivity index (χ4v) is 3.76. The molecule has 2 aliphatic heterocycles. The Morgan fingerprint density at radius 1 is 1.17 bits per heavy atom. The Balaban J connectivity index is 1.78.